The first-order valence-corrected chi connectivity index (χ1v) is 7.38. The number of amides is 1. The van der Waals surface area contributed by atoms with E-state index < -0.39 is 5.82 Å². The summed E-state index contributed by atoms with van der Waals surface area (Å²) in [6.45, 7) is 3.96. The summed E-state index contributed by atoms with van der Waals surface area (Å²) in [6.07, 6.45) is 2.22. The Bertz CT molecular complexity index is 455. The van der Waals surface area contributed by atoms with Crippen LogP contribution in [0.25, 0.3) is 0 Å². The first-order chi connectivity index (χ1) is 9.58. The zero-order chi connectivity index (χ0) is 14.5. The molecule has 0 aliphatic carbocycles. The molecule has 1 heterocycles. The lowest BCUT2D eigenvalue weighted by atomic mass is 9.92. The summed E-state index contributed by atoms with van der Waals surface area (Å²) in [5, 5.41) is 6.57. The van der Waals surface area contributed by atoms with Crippen molar-refractivity contribution in [2.24, 2.45) is 5.92 Å². The van der Waals surface area contributed by atoms with E-state index in [0.717, 1.165) is 25.9 Å². The van der Waals surface area contributed by atoms with Crippen molar-refractivity contribution in [1.82, 2.24) is 10.6 Å². The van der Waals surface area contributed by atoms with Gasteiger partial charge in [0, 0.05) is 16.6 Å². The third-order valence-electron chi connectivity index (χ3n) is 3.83. The van der Waals surface area contributed by atoms with Crippen molar-refractivity contribution in [2.75, 3.05) is 13.1 Å². The highest BCUT2D eigenvalue weighted by molar-refractivity contribution is 6.31. The van der Waals surface area contributed by atoms with Crippen LogP contribution in [0.15, 0.2) is 18.2 Å². The second kappa shape index (κ2) is 7.04. The predicted molar refractivity (Wildman–Crippen MR) is 78.3 cm³/mol. The van der Waals surface area contributed by atoms with Gasteiger partial charge in [0.1, 0.15) is 5.82 Å². The van der Waals surface area contributed by atoms with Gasteiger partial charge in [0.25, 0.3) is 0 Å². The van der Waals surface area contributed by atoms with Crippen LogP contribution in [0, 0.1) is 11.7 Å². The number of hydrogen-bond donors (Lipinski definition) is 2. The number of hydrogen-bond acceptors (Lipinski definition) is 2. The lowest BCUT2D eigenvalue weighted by molar-refractivity contribution is -0.121. The molecule has 2 rings (SSSR count). The molecule has 1 aliphatic rings. The second-order valence-corrected chi connectivity index (χ2v) is 5.75. The Hall–Kier alpha value is -1.13. The molecule has 0 bridgehead atoms. The lowest BCUT2D eigenvalue weighted by Crippen LogP contribution is -2.45. The number of nitrogens with one attached hydrogen (secondary N) is 2. The van der Waals surface area contributed by atoms with Crippen LogP contribution in [0.5, 0.6) is 0 Å². The van der Waals surface area contributed by atoms with Crippen LogP contribution in [0.3, 0.4) is 0 Å². The Balaban J connectivity index is 1.91. The van der Waals surface area contributed by atoms with Crippen molar-refractivity contribution >= 4 is 17.5 Å². The van der Waals surface area contributed by atoms with E-state index >= 15 is 0 Å². The molecule has 5 heteroatoms. The minimum absolute atomic E-state index is 0.0179. The van der Waals surface area contributed by atoms with Crippen LogP contribution in [-0.4, -0.2) is 25.0 Å². The fourth-order valence-corrected chi connectivity index (χ4v) is 2.82. The molecular weight excluding hydrogens is 279 g/mol. The zero-order valence-corrected chi connectivity index (χ0v) is 12.3. The Labute approximate surface area is 123 Å². The van der Waals surface area contributed by atoms with E-state index in [4.69, 9.17) is 11.6 Å². The summed E-state index contributed by atoms with van der Waals surface area (Å²) < 4.78 is 13.6. The van der Waals surface area contributed by atoms with Crippen molar-refractivity contribution in [1.29, 1.82) is 0 Å². The van der Waals surface area contributed by atoms with E-state index in [2.05, 4.69) is 10.6 Å². The number of halogens is 2. The Morgan fingerprint density at radius 1 is 1.60 bits per heavy atom. The van der Waals surface area contributed by atoms with Crippen molar-refractivity contribution in [3.63, 3.8) is 0 Å². The third-order valence-corrected chi connectivity index (χ3v) is 4.18. The number of carbonyl (C=O) groups is 1. The topological polar surface area (TPSA) is 41.1 Å². The summed E-state index contributed by atoms with van der Waals surface area (Å²) >= 11 is 5.93. The molecule has 1 fully saturated rings. The maximum atomic E-state index is 13.6. The maximum Gasteiger partial charge on any atom is 0.224 e. The fourth-order valence-electron chi connectivity index (χ4n) is 2.59. The van der Waals surface area contributed by atoms with Gasteiger partial charge in [0.15, 0.2) is 0 Å². The predicted octanol–water partition coefficient (Wildman–Crippen LogP) is 2.53. The van der Waals surface area contributed by atoms with Crippen molar-refractivity contribution in [3.8, 4) is 0 Å². The first kappa shape index (κ1) is 15.3. The first-order valence-electron chi connectivity index (χ1n) is 7.01. The lowest BCUT2D eigenvalue weighted by Gasteiger charge is -2.29. The molecule has 110 valence electrons. The highest BCUT2D eigenvalue weighted by Crippen LogP contribution is 2.20. The van der Waals surface area contributed by atoms with Crippen LogP contribution in [0.4, 0.5) is 4.39 Å². The Morgan fingerprint density at radius 2 is 2.40 bits per heavy atom. The van der Waals surface area contributed by atoms with Crippen LogP contribution in [0.2, 0.25) is 5.02 Å². The monoisotopic (exact) mass is 298 g/mol. The number of piperidine rings is 1. The van der Waals surface area contributed by atoms with Gasteiger partial charge in [-0.1, -0.05) is 17.7 Å². The van der Waals surface area contributed by atoms with Crippen molar-refractivity contribution in [2.45, 2.75) is 32.2 Å². The fraction of sp³-hybridized carbons (Fsp3) is 0.533. The van der Waals surface area contributed by atoms with E-state index in [1.807, 2.05) is 6.92 Å². The van der Waals surface area contributed by atoms with Gasteiger partial charge >= 0.3 is 0 Å². The largest absolute Gasteiger partial charge is 0.353 e. The standard InChI is InChI=1S/C15H20ClFN2O/c1-10(11-4-3-7-18-9-11)19-15(20)8-12-13(16)5-2-6-14(12)17/h2,5-6,10-11,18H,3-4,7-9H2,1H3,(H,19,20). The molecule has 1 aliphatic heterocycles. The second-order valence-electron chi connectivity index (χ2n) is 5.34. The molecule has 2 N–H and O–H groups in total. The minimum atomic E-state index is -0.431. The molecular formula is C15H20ClFN2O. The molecule has 1 saturated heterocycles. The molecule has 2 unspecified atom stereocenters. The molecule has 3 nitrogen and oxygen atoms in total. The molecule has 1 aromatic carbocycles. The number of benzene rings is 1. The Kier molecular flexibility index (Phi) is 5.38. The van der Waals surface area contributed by atoms with Crippen LogP contribution < -0.4 is 10.6 Å². The number of carbonyl (C=O) groups excluding carboxylic acids is 1. The molecule has 0 spiro atoms. The van der Waals surface area contributed by atoms with Gasteiger partial charge in [-0.25, -0.2) is 4.39 Å². The molecule has 0 saturated carbocycles. The molecule has 0 radical (unpaired) electrons. The maximum absolute atomic E-state index is 13.6. The number of rotatable bonds is 4. The van der Waals surface area contributed by atoms with E-state index in [9.17, 15) is 9.18 Å². The van der Waals surface area contributed by atoms with Crippen molar-refractivity contribution < 1.29 is 9.18 Å². The summed E-state index contributed by atoms with van der Waals surface area (Å²) in [4.78, 5) is 12.0. The summed E-state index contributed by atoms with van der Waals surface area (Å²) in [7, 11) is 0. The normalized spacial score (nSPS) is 20.4. The summed E-state index contributed by atoms with van der Waals surface area (Å²) in [6, 6.07) is 4.54. The van der Waals surface area contributed by atoms with E-state index in [1.54, 1.807) is 6.07 Å². The molecule has 2 atom stereocenters. The molecule has 1 aromatic rings. The smallest absolute Gasteiger partial charge is 0.224 e. The van der Waals surface area contributed by atoms with Gasteiger partial charge in [-0.15, -0.1) is 0 Å². The summed E-state index contributed by atoms with van der Waals surface area (Å²) in [5.74, 6) is -0.182. The van der Waals surface area contributed by atoms with E-state index in [0.29, 0.717) is 10.9 Å². The highest BCUT2D eigenvalue weighted by Gasteiger charge is 2.22. The van der Waals surface area contributed by atoms with Crippen molar-refractivity contribution in [3.05, 3.63) is 34.6 Å². The Morgan fingerprint density at radius 3 is 3.05 bits per heavy atom. The van der Waals surface area contributed by atoms with Crippen LogP contribution in [0.1, 0.15) is 25.3 Å². The average Bonchev–Trinajstić information content (AvgIpc) is 2.44. The van der Waals surface area contributed by atoms with Gasteiger partial charge < -0.3 is 10.6 Å². The third kappa shape index (κ3) is 3.93. The average molecular weight is 299 g/mol. The summed E-state index contributed by atoms with van der Waals surface area (Å²) in [5.41, 5.74) is 0.264. The zero-order valence-electron chi connectivity index (χ0n) is 11.6. The SMILES string of the molecule is CC(NC(=O)Cc1c(F)cccc1Cl)C1CCCNC1. The van der Waals surface area contributed by atoms with E-state index in [-0.39, 0.29) is 23.9 Å². The van der Waals surface area contributed by atoms with Gasteiger partial charge in [-0.3, -0.25) is 4.79 Å². The van der Waals surface area contributed by atoms with Crippen LogP contribution in [-0.2, 0) is 11.2 Å². The van der Waals surface area contributed by atoms with Crippen LogP contribution >= 0.6 is 11.6 Å². The van der Waals surface area contributed by atoms with Gasteiger partial charge in [-0.05, 0) is 50.9 Å². The quantitative estimate of drug-likeness (QED) is 0.897. The molecule has 0 aromatic heterocycles. The minimum Gasteiger partial charge on any atom is -0.353 e. The van der Waals surface area contributed by atoms with E-state index in [1.165, 1.54) is 12.1 Å². The highest BCUT2D eigenvalue weighted by atomic mass is 35.5. The van der Waals surface area contributed by atoms with Gasteiger partial charge in [0.05, 0.1) is 6.42 Å². The van der Waals surface area contributed by atoms with Gasteiger partial charge in [-0.2, -0.15) is 0 Å². The molecule has 1 amide bonds. The molecule has 20 heavy (non-hydrogen) atoms. The van der Waals surface area contributed by atoms with Gasteiger partial charge in [0.2, 0.25) is 5.91 Å².